The number of carbonyl (C=O) groups excluding carboxylic acids is 3. The van der Waals surface area contributed by atoms with E-state index in [0.717, 1.165) is 25.3 Å². The third kappa shape index (κ3) is 3.59. The quantitative estimate of drug-likeness (QED) is 0.406. The molecule has 0 aliphatic heterocycles. The minimum atomic E-state index is -2.38. The summed E-state index contributed by atoms with van der Waals surface area (Å²) in [4.78, 5) is 39.3. The van der Waals surface area contributed by atoms with Gasteiger partial charge >= 0.3 is 12.1 Å². The number of carbonyl (C=O) groups is 3. The fourth-order valence-corrected chi connectivity index (χ4v) is 10.7. The lowest BCUT2D eigenvalue weighted by Gasteiger charge is -2.62. The lowest BCUT2D eigenvalue weighted by molar-refractivity contribution is -0.236. The zero-order valence-electron chi connectivity index (χ0n) is 24.9. The number of hydrogen-bond acceptors (Lipinski definition) is 7. The van der Waals surface area contributed by atoms with Crippen molar-refractivity contribution in [2.75, 3.05) is 6.86 Å². The van der Waals surface area contributed by atoms with Crippen molar-refractivity contribution >= 4 is 17.9 Å². The predicted octanol–water partition coefficient (Wildman–Crippen LogP) is 5.88. The number of allylic oxidation sites excluding steroid dienone is 4. The molecule has 0 heterocycles. The Balaban J connectivity index is 1.37. The fraction of sp³-hybridized carbons (Fsp3) is 0.781. The molecule has 0 aromatic carbocycles. The summed E-state index contributed by atoms with van der Waals surface area (Å²) in [6.07, 6.45) is 1.66. The van der Waals surface area contributed by atoms with Crippen LogP contribution in [-0.4, -0.2) is 59.5 Å². The van der Waals surface area contributed by atoms with E-state index in [4.69, 9.17) is 14.2 Å². The first-order valence-corrected chi connectivity index (χ1v) is 15.1. The highest BCUT2D eigenvalue weighted by molar-refractivity contribution is 6.01. The number of fused-ring (bicyclic) bond motifs is 7. The Morgan fingerprint density at radius 2 is 1.81 bits per heavy atom. The Hall–Kier alpha value is -2.36. The van der Waals surface area contributed by atoms with Gasteiger partial charge in [-0.1, -0.05) is 33.8 Å². The first kappa shape index (κ1) is 29.7. The summed E-state index contributed by atoms with van der Waals surface area (Å²) in [5.74, 6) is -4.22. The maximum Gasteiger partial charge on any atom is 0.509 e. The van der Waals surface area contributed by atoms with Gasteiger partial charge in [-0.2, -0.15) is 0 Å². The van der Waals surface area contributed by atoms with Crippen molar-refractivity contribution in [3.05, 3.63) is 23.8 Å². The second-order valence-electron chi connectivity index (χ2n) is 15.1. The Labute approximate surface area is 244 Å². The third-order valence-corrected chi connectivity index (χ3v) is 12.7. The molecule has 232 valence electrons. The minimum absolute atomic E-state index is 0.0153. The van der Waals surface area contributed by atoms with Crippen molar-refractivity contribution in [3.63, 3.8) is 0 Å². The highest BCUT2D eigenvalue weighted by Crippen LogP contribution is 2.72. The van der Waals surface area contributed by atoms with Crippen LogP contribution >= 0.6 is 0 Å². The summed E-state index contributed by atoms with van der Waals surface area (Å²) in [7, 11) is 0. The van der Waals surface area contributed by atoms with Gasteiger partial charge in [-0.05, 0) is 80.9 Å². The average molecular weight is 595 g/mol. The molecule has 7 nitrogen and oxygen atoms in total. The van der Waals surface area contributed by atoms with Crippen molar-refractivity contribution in [3.8, 4) is 0 Å². The molecule has 5 saturated carbocycles. The molecular weight excluding hydrogens is 553 g/mol. The van der Waals surface area contributed by atoms with E-state index in [2.05, 4.69) is 13.8 Å². The lowest BCUT2D eigenvalue weighted by atomic mass is 9.44. The fourth-order valence-electron chi connectivity index (χ4n) is 10.7. The lowest BCUT2D eigenvalue weighted by Crippen LogP contribution is -2.71. The number of rotatable bonds is 4. The summed E-state index contributed by atoms with van der Waals surface area (Å²) in [6, 6.07) is 0. The Bertz CT molecular complexity index is 1280. The Morgan fingerprint density at radius 3 is 2.43 bits per heavy atom. The van der Waals surface area contributed by atoms with Crippen LogP contribution in [0.5, 0.6) is 0 Å². The molecule has 1 N–H and O–H groups in total. The highest BCUT2D eigenvalue weighted by Gasteiger charge is 2.79. The van der Waals surface area contributed by atoms with E-state index in [9.17, 15) is 23.9 Å². The van der Waals surface area contributed by atoms with Gasteiger partial charge in [0.15, 0.2) is 11.5 Å². The number of aliphatic hydroxyl groups is 1. The van der Waals surface area contributed by atoms with Gasteiger partial charge in [0.1, 0.15) is 12.3 Å². The molecular formula is C32H41F3O7. The Morgan fingerprint density at radius 1 is 1.10 bits per heavy atom. The third-order valence-electron chi connectivity index (χ3n) is 12.7. The standard InChI is InChI=1S/C32H41F3O7/c1-17-10-19-20-12-22(34)21-11-18(36)6-7-29(21,4)31(20,35)23(37)13-30(19,5)32(17,25(38)40-16-33)42-26(39)41-24-14-27(2)8-9-28(24,3)15-27/h6-7,11,17,19-20,22-24,37H,8-10,12-16H2,1-5H3/t17-,19+,20+,22+,23+,24?,27+,28-,29+,30+,31+,32+/m1/s1. The van der Waals surface area contributed by atoms with Crippen LogP contribution in [0.2, 0.25) is 0 Å². The number of ketones is 1. The van der Waals surface area contributed by atoms with E-state index < -0.39 is 83.0 Å². The molecule has 6 aliphatic rings. The first-order valence-electron chi connectivity index (χ1n) is 15.1. The summed E-state index contributed by atoms with van der Waals surface area (Å²) in [5.41, 5.74) is -7.72. The summed E-state index contributed by atoms with van der Waals surface area (Å²) >= 11 is 0. The van der Waals surface area contributed by atoms with Crippen LogP contribution in [0.25, 0.3) is 0 Å². The van der Waals surface area contributed by atoms with Crippen LogP contribution < -0.4 is 0 Å². The second kappa shape index (κ2) is 9.08. The van der Waals surface area contributed by atoms with Crippen LogP contribution in [0.1, 0.15) is 79.6 Å². The molecule has 0 aromatic heterocycles. The zero-order chi connectivity index (χ0) is 30.7. The maximum atomic E-state index is 17.5. The maximum absolute atomic E-state index is 17.5. The predicted molar refractivity (Wildman–Crippen MR) is 144 cm³/mol. The van der Waals surface area contributed by atoms with Gasteiger partial charge in [-0.15, -0.1) is 0 Å². The number of halogens is 3. The van der Waals surface area contributed by atoms with Gasteiger partial charge in [-0.25, -0.2) is 22.8 Å². The van der Waals surface area contributed by atoms with E-state index in [0.29, 0.717) is 6.42 Å². The highest BCUT2D eigenvalue weighted by atomic mass is 19.1. The van der Waals surface area contributed by atoms with E-state index in [1.807, 2.05) is 0 Å². The number of hydrogen-bond donors (Lipinski definition) is 1. The summed E-state index contributed by atoms with van der Waals surface area (Å²) in [6.45, 7) is 7.49. The molecule has 2 bridgehead atoms. The van der Waals surface area contributed by atoms with Gasteiger partial charge < -0.3 is 19.3 Å². The van der Waals surface area contributed by atoms with Gasteiger partial charge in [0, 0.05) is 28.1 Å². The molecule has 0 radical (unpaired) electrons. The molecule has 6 rings (SSSR count). The SMILES string of the molecule is C[C@@H]1C[C@H]2[C@@H]3C[C@H](F)C4=CC(=O)C=C[C@]4(C)[C@@]3(F)[C@@H](O)C[C@]2(C)[C@@]1(OC(=O)OC1C[C@]2(C)CC[C@]1(C)C2)C(=O)OCF. The van der Waals surface area contributed by atoms with E-state index in [1.165, 1.54) is 19.1 Å². The van der Waals surface area contributed by atoms with Crippen molar-refractivity contribution in [1.29, 1.82) is 0 Å². The number of esters is 1. The van der Waals surface area contributed by atoms with Gasteiger partial charge in [-0.3, -0.25) is 4.79 Å². The topological polar surface area (TPSA) is 99.1 Å². The molecule has 6 aliphatic carbocycles. The molecule has 42 heavy (non-hydrogen) atoms. The van der Waals surface area contributed by atoms with Crippen molar-refractivity contribution < 1.29 is 46.9 Å². The number of alkyl halides is 3. The summed E-state index contributed by atoms with van der Waals surface area (Å²) in [5, 5.41) is 11.6. The second-order valence-corrected chi connectivity index (χ2v) is 15.1. The van der Waals surface area contributed by atoms with Gasteiger partial charge in [0.05, 0.1) is 6.10 Å². The van der Waals surface area contributed by atoms with Crippen LogP contribution in [0.15, 0.2) is 23.8 Å². The van der Waals surface area contributed by atoms with E-state index >= 15 is 8.78 Å². The minimum Gasteiger partial charge on any atom is -0.431 e. The average Bonchev–Trinajstić information content (AvgIpc) is 3.43. The molecule has 0 saturated heterocycles. The zero-order valence-corrected chi connectivity index (χ0v) is 24.9. The van der Waals surface area contributed by atoms with Crippen LogP contribution in [0.4, 0.5) is 18.0 Å². The van der Waals surface area contributed by atoms with Crippen molar-refractivity contribution in [2.24, 2.45) is 39.4 Å². The molecule has 10 heteroatoms. The molecule has 1 unspecified atom stereocenters. The number of aliphatic hydroxyl groups excluding tert-OH is 1. The molecule has 5 fully saturated rings. The number of ether oxygens (including phenoxy) is 3. The van der Waals surface area contributed by atoms with Gasteiger partial charge in [0.25, 0.3) is 0 Å². The van der Waals surface area contributed by atoms with Crippen molar-refractivity contribution in [1.82, 2.24) is 0 Å². The smallest absolute Gasteiger partial charge is 0.431 e. The molecule has 0 spiro atoms. The molecule has 12 atom stereocenters. The normalized spacial score (nSPS) is 52.2. The molecule has 0 amide bonds. The Kier molecular flexibility index (Phi) is 6.42. The van der Waals surface area contributed by atoms with Crippen LogP contribution in [0, 0.1) is 39.4 Å². The monoisotopic (exact) mass is 594 g/mol. The first-order chi connectivity index (χ1) is 19.5. The van der Waals surface area contributed by atoms with E-state index in [1.54, 1.807) is 13.8 Å². The molecule has 0 aromatic rings. The largest absolute Gasteiger partial charge is 0.509 e. The van der Waals surface area contributed by atoms with Crippen LogP contribution in [0.3, 0.4) is 0 Å². The summed E-state index contributed by atoms with van der Waals surface area (Å²) < 4.78 is 63.5. The van der Waals surface area contributed by atoms with Crippen molar-refractivity contribution in [2.45, 2.75) is 109 Å². The van der Waals surface area contributed by atoms with Gasteiger partial charge in [0.2, 0.25) is 12.5 Å². The van der Waals surface area contributed by atoms with E-state index in [-0.39, 0.29) is 35.7 Å². The van der Waals surface area contributed by atoms with Crippen LogP contribution in [-0.2, 0) is 23.8 Å².